The number of nitrogens with one attached hydrogen (secondary N) is 1. The van der Waals surface area contributed by atoms with Gasteiger partial charge in [0.1, 0.15) is 12.4 Å². The molecule has 1 amide bonds. The van der Waals surface area contributed by atoms with Crippen LogP contribution in [0, 0.1) is 20.8 Å². The fraction of sp³-hybridized carbons (Fsp3) is 0.217. The molecular formula is C23H23N5O2. The zero-order valence-electron chi connectivity index (χ0n) is 17.4. The molecular weight excluding hydrogens is 378 g/mol. The summed E-state index contributed by atoms with van der Waals surface area (Å²) in [6, 6.07) is 13.3. The molecule has 0 saturated carbocycles. The first-order valence-electron chi connectivity index (χ1n) is 9.70. The highest BCUT2D eigenvalue weighted by molar-refractivity contribution is 5.89. The molecule has 2 aromatic heterocycles. The van der Waals surface area contributed by atoms with E-state index >= 15 is 0 Å². The predicted molar refractivity (Wildman–Crippen MR) is 117 cm³/mol. The second kappa shape index (κ2) is 7.59. The van der Waals surface area contributed by atoms with Crippen molar-refractivity contribution in [2.45, 2.75) is 27.3 Å². The number of benzene rings is 2. The molecule has 152 valence electrons. The third-order valence-corrected chi connectivity index (χ3v) is 5.40. The van der Waals surface area contributed by atoms with Crippen LogP contribution in [0.1, 0.15) is 17.0 Å². The van der Waals surface area contributed by atoms with Crippen molar-refractivity contribution in [2.24, 2.45) is 7.05 Å². The number of amides is 1. The quantitative estimate of drug-likeness (QED) is 0.568. The van der Waals surface area contributed by atoms with Crippen LogP contribution in [0.4, 0.5) is 5.95 Å². The summed E-state index contributed by atoms with van der Waals surface area (Å²) in [6.45, 7) is 5.73. The maximum atomic E-state index is 12.8. The first-order valence-corrected chi connectivity index (χ1v) is 9.70. The molecule has 4 rings (SSSR count). The zero-order chi connectivity index (χ0) is 21.4. The summed E-state index contributed by atoms with van der Waals surface area (Å²) in [6.07, 6.45) is 1.73. The minimum Gasteiger partial charge on any atom is -0.313 e. The number of para-hydroxylation sites is 1. The highest BCUT2D eigenvalue weighted by Crippen LogP contribution is 2.24. The van der Waals surface area contributed by atoms with Crippen molar-refractivity contribution in [3.05, 3.63) is 76.0 Å². The number of rotatable bonds is 4. The zero-order valence-corrected chi connectivity index (χ0v) is 17.4. The molecule has 0 unspecified atom stereocenters. The van der Waals surface area contributed by atoms with E-state index in [0.29, 0.717) is 22.7 Å². The van der Waals surface area contributed by atoms with Crippen LogP contribution in [0.2, 0.25) is 0 Å². The fourth-order valence-corrected chi connectivity index (χ4v) is 3.47. The van der Waals surface area contributed by atoms with Gasteiger partial charge in [-0.15, -0.1) is 0 Å². The van der Waals surface area contributed by atoms with Crippen LogP contribution in [0.5, 0.6) is 0 Å². The number of imidazole rings is 1. The van der Waals surface area contributed by atoms with E-state index in [2.05, 4.69) is 41.3 Å². The molecule has 0 aliphatic rings. The van der Waals surface area contributed by atoms with Gasteiger partial charge < -0.3 is 4.57 Å². The number of fused-ring (bicyclic) bond motifs is 1. The van der Waals surface area contributed by atoms with E-state index in [9.17, 15) is 9.59 Å². The monoisotopic (exact) mass is 401 g/mol. The lowest BCUT2D eigenvalue weighted by atomic mass is 10.0. The van der Waals surface area contributed by atoms with Crippen LogP contribution in [-0.4, -0.2) is 25.0 Å². The average molecular weight is 401 g/mol. The number of anilines is 1. The molecule has 0 radical (unpaired) electrons. The number of hydrogen-bond donors (Lipinski definition) is 1. The molecule has 30 heavy (non-hydrogen) atoms. The second-order valence-electron chi connectivity index (χ2n) is 7.44. The molecule has 7 heteroatoms. The summed E-state index contributed by atoms with van der Waals surface area (Å²) in [7, 11) is 1.85. The van der Waals surface area contributed by atoms with Crippen molar-refractivity contribution in [2.75, 3.05) is 5.32 Å². The minimum atomic E-state index is -0.336. The van der Waals surface area contributed by atoms with Crippen LogP contribution in [0.25, 0.3) is 22.2 Å². The molecule has 0 aliphatic carbocycles. The predicted octanol–water partition coefficient (Wildman–Crippen LogP) is 3.36. The van der Waals surface area contributed by atoms with Gasteiger partial charge >= 0.3 is 0 Å². The Morgan fingerprint density at radius 1 is 1.07 bits per heavy atom. The van der Waals surface area contributed by atoms with Gasteiger partial charge in [0.25, 0.3) is 5.56 Å². The largest absolute Gasteiger partial charge is 0.313 e. The summed E-state index contributed by atoms with van der Waals surface area (Å²) in [5.41, 5.74) is 4.73. The molecule has 4 aromatic rings. The maximum Gasteiger partial charge on any atom is 0.261 e. The summed E-state index contributed by atoms with van der Waals surface area (Å²) in [5, 5.41) is 3.29. The van der Waals surface area contributed by atoms with Crippen molar-refractivity contribution in [3.8, 4) is 11.3 Å². The third-order valence-electron chi connectivity index (χ3n) is 5.40. The normalized spacial score (nSPS) is 11.1. The Balaban J connectivity index is 1.58. The van der Waals surface area contributed by atoms with E-state index in [0.717, 1.165) is 11.3 Å². The van der Waals surface area contributed by atoms with Crippen LogP contribution in [-0.2, 0) is 18.4 Å². The highest BCUT2D eigenvalue weighted by atomic mass is 16.2. The summed E-state index contributed by atoms with van der Waals surface area (Å²) in [4.78, 5) is 34.2. The molecule has 1 N–H and O–H groups in total. The Labute approximate surface area is 174 Å². The SMILES string of the molecule is Cc1ccc(-c2cnc(NC(=O)Cn3c(C)nc4ccccc4c3=O)n2C)cc1C. The van der Waals surface area contributed by atoms with Crippen LogP contribution in [0.3, 0.4) is 0 Å². The fourth-order valence-electron chi connectivity index (χ4n) is 3.47. The van der Waals surface area contributed by atoms with Gasteiger partial charge in [0.05, 0.1) is 22.8 Å². The lowest BCUT2D eigenvalue weighted by Crippen LogP contribution is -2.30. The standard InChI is InChI=1S/C23H23N5O2/c1-14-9-10-17(11-15(14)2)20-12-24-23(27(20)4)26-21(29)13-28-16(3)25-19-8-6-5-7-18(19)22(28)30/h5-12H,13H2,1-4H3,(H,24,26,29). The van der Waals surface area contributed by atoms with E-state index < -0.39 is 0 Å². The summed E-state index contributed by atoms with van der Waals surface area (Å²) in [5.74, 6) is 0.579. The minimum absolute atomic E-state index is 0.131. The Bertz CT molecular complexity index is 1330. The number of carbonyl (C=O) groups excluding carboxylic acids is 1. The molecule has 0 bridgehead atoms. The van der Waals surface area contributed by atoms with Crippen molar-refractivity contribution in [1.29, 1.82) is 0 Å². The molecule has 0 aliphatic heterocycles. The molecule has 7 nitrogen and oxygen atoms in total. The molecule has 0 spiro atoms. The Kier molecular flexibility index (Phi) is 4.95. The van der Waals surface area contributed by atoms with E-state index in [1.807, 2.05) is 23.7 Å². The van der Waals surface area contributed by atoms with Gasteiger partial charge in [0.2, 0.25) is 11.9 Å². The van der Waals surface area contributed by atoms with Crippen molar-refractivity contribution in [3.63, 3.8) is 0 Å². The van der Waals surface area contributed by atoms with Gasteiger partial charge in [-0.1, -0.05) is 24.3 Å². The number of carbonyl (C=O) groups is 1. The molecule has 2 heterocycles. The average Bonchev–Trinajstić information content (AvgIpc) is 3.07. The van der Waals surface area contributed by atoms with Crippen molar-refractivity contribution < 1.29 is 4.79 Å². The van der Waals surface area contributed by atoms with Crippen LogP contribution >= 0.6 is 0 Å². The summed E-state index contributed by atoms with van der Waals surface area (Å²) >= 11 is 0. The van der Waals surface area contributed by atoms with Gasteiger partial charge in [-0.25, -0.2) is 9.97 Å². The highest BCUT2D eigenvalue weighted by Gasteiger charge is 2.15. The number of aryl methyl sites for hydroxylation is 3. The Morgan fingerprint density at radius 2 is 1.83 bits per heavy atom. The van der Waals surface area contributed by atoms with Gasteiger partial charge in [0, 0.05) is 12.6 Å². The second-order valence-corrected chi connectivity index (χ2v) is 7.44. The van der Waals surface area contributed by atoms with Crippen molar-refractivity contribution in [1.82, 2.24) is 19.1 Å². The van der Waals surface area contributed by atoms with Gasteiger partial charge in [-0.05, 0) is 50.1 Å². The third kappa shape index (κ3) is 3.50. The first kappa shape index (κ1) is 19.6. The molecule has 2 aromatic carbocycles. The first-order chi connectivity index (χ1) is 14.3. The van der Waals surface area contributed by atoms with Crippen LogP contribution in [0.15, 0.2) is 53.5 Å². The smallest absolute Gasteiger partial charge is 0.261 e. The lowest BCUT2D eigenvalue weighted by molar-refractivity contribution is -0.116. The van der Waals surface area contributed by atoms with E-state index in [-0.39, 0.29) is 18.0 Å². The van der Waals surface area contributed by atoms with E-state index in [4.69, 9.17) is 0 Å². The van der Waals surface area contributed by atoms with E-state index in [1.165, 1.54) is 15.7 Å². The number of nitrogens with zero attached hydrogens (tertiary/aromatic N) is 4. The van der Waals surface area contributed by atoms with Crippen molar-refractivity contribution >= 4 is 22.8 Å². The van der Waals surface area contributed by atoms with Gasteiger partial charge in [-0.3, -0.25) is 19.5 Å². The lowest BCUT2D eigenvalue weighted by Gasteiger charge is -2.12. The van der Waals surface area contributed by atoms with Gasteiger partial charge in [0.15, 0.2) is 0 Å². The molecule has 0 atom stereocenters. The maximum absolute atomic E-state index is 12.8. The Morgan fingerprint density at radius 3 is 2.60 bits per heavy atom. The summed E-state index contributed by atoms with van der Waals surface area (Å²) < 4.78 is 3.21. The Hall–Kier alpha value is -3.74. The van der Waals surface area contributed by atoms with Gasteiger partial charge in [-0.2, -0.15) is 0 Å². The topological polar surface area (TPSA) is 81.8 Å². The molecule has 0 fully saturated rings. The number of aromatic nitrogens is 4. The van der Waals surface area contributed by atoms with Crippen LogP contribution < -0.4 is 10.9 Å². The number of hydrogen-bond acceptors (Lipinski definition) is 4. The molecule has 0 saturated heterocycles. The van der Waals surface area contributed by atoms with E-state index in [1.54, 1.807) is 31.3 Å².